The molecule has 1 aromatic carbocycles. The fourth-order valence-electron chi connectivity index (χ4n) is 2.90. The highest BCUT2D eigenvalue weighted by atomic mass is 16.5. The van der Waals surface area contributed by atoms with Crippen LogP contribution in [-0.2, 0) is 4.74 Å². The Morgan fingerprint density at radius 2 is 2.14 bits per heavy atom. The van der Waals surface area contributed by atoms with Gasteiger partial charge in [0.05, 0.1) is 17.6 Å². The number of ether oxygens (including phenoxy) is 1. The zero-order valence-electron chi connectivity index (χ0n) is 12.2. The van der Waals surface area contributed by atoms with Gasteiger partial charge >= 0.3 is 0 Å². The molecule has 110 valence electrons. The summed E-state index contributed by atoms with van der Waals surface area (Å²) in [6.07, 6.45) is 5.46. The second-order valence-electron chi connectivity index (χ2n) is 5.47. The van der Waals surface area contributed by atoms with Crippen LogP contribution in [0.3, 0.4) is 0 Å². The number of hydrogen-bond acceptors (Lipinski definition) is 4. The summed E-state index contributed by atoms with van der Waals surface area (Å²) in [5.74, 6) is 0.510. The van der Waals surface area contributed by atoms with Gasteiger partial charge in [-0.3, -0.25) is 14.8 Å². The van der Waals surface area contributed by atoms with Crippen molar-refractivity contribution in [2.45, 2.75) is 12.8 Å². The van der Waals surface area contributed by atoms with E-state index in [-0.39, 0.29) is 5.91 Å². The number of rotatable bonds is 3. The smallest absolute Gasteiger partial charge is 0.253 e. The fraction of sp³-hybridized carbons (Fsp3) is 0.438. The average Bonchev–Trinajstić information content (AvgIpc) is 2.54. The second-order valence-corrected chi connectivity index (χ2v) is 5.47. The molecule has 0 spiro atoms. The van der Waals surface area contributed by atoms with E-state index in [1.165, 1.54) is 0 Å². The van der Waals surface area contributed by atoms with Crippen molar-refractivity contribution >= 4 is 16.9 Å². The standard InChI is InChI=1S/C16H19N3O2/c1-21-11-12-3-2-8-19(10-12)16(20)13-4-5-14-15(9-13)18-7-6-17-14/h4-7,9,12H,2-3,8,10-11H2,1H3. The van der Waals surface area contributed by atoms with Crippen molar-refractivity contribution in [3.8, 4) is 0 Å². The summed E-state index contributed by atoms with van der Waals surface area (Å²) in [5.41, 5.74) is 2.25. The van der Waals surface area contributed by atoms with E-state index >= 15 is 0 Å². The number of benzene rings is 1. The first-order valence-corrected chi connectivity index (χ1v) is 7.27. The molecule has 1 aromatic heterocycles. The minimum absolute atomic E-state index is 0.0726. The van der Waals surface area contributed by atoms with E-state index < -0.39 is 0 Å². The van der Waals surface area contributed by atoms with Crippen molar-refractivity contribution in [3.05, 3.63) is 36.2 Å². The maximum Gasteiger partial charge on any atom is 0.253 e. The van der Waals surface area contributed by atoms with Crippen molar-refractivity contribution in [2.24, 2.45) is 5.92 Å². The van der Waals surface area contributed by atoms with Gasteiger partial charge in [0, 0.05) is 38.2 Å². The normalized spacial score (nSPS) is 18.9. The number of aromatic nitrogens is 2. The molecule has 0 aliphatic carbocycles. The van der Waals surface area contributed by atoms with Gasteiger partial charge in [0.25, 0.3) is 5.91 Å². The lowest BCUT2D eigenvalue weighted by Crippen LogP contribution is -2.41. The van der Waals surface area contributed by atoms with Crippen molar-refractivity contribution in [3.63, 3.8) is 0 Å². The summed E-state index contributed by atoms with van der Waals surface area (Å²) in [5, 5.41) is 0. The zero-order chi connectivity index (χ0) is 14.7. The van der Waals surface area contributed by atoms with Crippen LogP contribution >= 0.6 is 0 Å². The maximum absolute atomic E-state index is 12.6. The largest absolute Gasteiger partial charge is 0.384 e. The molecule has 1 atom stereocenters. The van der Waals surface area contributed by atoms with Crippen LogP contribution in [-0.4, -0.2) is 47.6 Å². The molecule has 5 nitrogen and oxygen atoms in total. The molecular weight excluding hydrogens is 266 g/mol. The maximum atomic E-state index is 12.6. The molecular formula is C16H19N3O2. The SMILES string of the molecule is COCC1CCCN(C(=O)c2ccc3nccnc3c2)C1. The van der Waals surface area contributed by atoms with E-state index in [0.717, 1.165) is 37.0 Å². The molecule has 1 saturated heterocycles. The summed E-state index contributed by atoms with van der Waals surface area (Å²) < 4.78 is 5.22. The van der Waals surface area contributed by atoms with Crippen LogP contribution in [0.15, 0.2) is 30.6 Å². The zero-order valence-corrected chi connectivity index (χ0v) is 12.2. The van der Waals surface area contributed by atoms with E-state index in [9.17, 15) is 4.79 Å². The lowest BCUT2D eigenvalue weighted by atomic mass is 9.98. The van der Waals surface area contributed by atoms with Crippen molar-refractivity contribution < 1.29 is 9.53 Å². The van der Waals surface area contributed by atoms with Gasteiger partial charge < -0.3 is 9.64 Å². The van der Waals surface area contributed by atoms with Gasteiger partial charge in [-0.2, -0.15) is 0 Å². The van der Waals surface area contributed by atoms with E-state index in [1.54, 1.807) is 19.5 Å². The Kier molecular flexibility index (Phi) is 4.10. The van der Waals surface area contributed by atoms with Gasteiger partial charge in [0.1, 0.15) is 0 Å². The second kappa shape index (κ2) is 6.18. The monoisotopic (exact) mass is 285 g/mol. The number of nitrogens with zero attached hydrogens (tertiary/aromatic N) is 3. The highest BCUT2D eigenvalue weighted by Crippen LogP contribution is 2.20. The molecule has 5 heteroatoms. The van der Waals surface area contributed by atoms with Crippen LogP contribution in [0.4, 0.5) is 0 Å². The van der Waals surface area contributed by atoms with Crippen LogP contribution < -0.4 is 0 Å². The molecule has 1 amide bonds. The van der Waals surface area contributed by atoms with Crippen LogP contribution in [0.25, 0.3) is 11.0 Å². The first-order chi connectivity index (χ1) is 10.3. The number of hydrogen-bond donors (Lipinski definition) is 0. The number of amides is 1. The van der Waals surface area contributed by atoms with Gasteiger partial charge in [-0.25, -0.2) is 0 Å². The minimum atomic E-state index is 0.0726. The quantitative estimate of drug-likeness (QED) is 0.867. The number of carbonyl (C=O) groups excluding carboxylic acids is 1. The van der Waals surface area contributed by atoms with Crippen molar-refractivity contribution in [1.82, 2.24) is 14.9 Å². The van der Waals surface area contributed by atoms with E-state index in [0.29, 0.717) is 18.1 Å². The predicted octanol–water partition coefficient (Wildman–Crippen LogP) is 2.13. The highest BCUT2D eigenvalue weighted by molar-refractivity contribution is 5.97. The Bertz CT molecular complexity index is 642. The van der Waals surface area contributed by atoms with E-state index in [1.807, 2.05) is 23.1 Å². The Balaban J connectivity index is 1.79. The molecule has 0 saturated carbocycles. The van der Waals surface area contributed by atoms with Crippen LogP contribution in [0.2, 0.25) is 0 Å². The summed E-state index contributed by atoms with van der Waals surface area (Å²) in [6.45, 7) is 2.30. The number of methoxy groups -OCH3 is 1. The van der Waals surface area contributed by atoms with Gasteiger partial charge in [0.2, 0.25) is 0 Å². The van der Waals surface area contributed by atoms with Crippen LogP contribution in [0, 0.1) is 5.92 Å². The van der Waals surface area contributed by atoms with Crippen LogP contribution in [0.1, 0.15) is 23.2 Å². The molecule has 2 heterocycles. The Morgan fingerprint density at radius 1 is 1.33 bits per heavy atom. The Labute approximate surface area is 124 Å². The van der Waals surface area contributed by atoms with Gasteiger partial charge in [-0.15, -0.1) is 0 Å². The number of fused-ring (bicyclic) bond motifs is 1. The molecule has 21 heavy (non-hydrogen) atoms. The minimum Gasteiger partial charge on any atom is -0.384 e. The highest BCUT2D eigenvalue weighted by Gasteiger charge is 2.24. The van der Waals surface area contributed by atoms with Crippen molar-refractivity contribution in [1.29, 1.82) is 0 Å². The molecule has 0 N–H and O–H groups in total. The summed E-state index contributed by atoms with van der Waals surface area (Å²) in [6, 6.07) is 5.51. The third-order valence-corrected chi connectivity index (χ3v) is 3.92. The summed E-state index contributed by atoms with van der Waals surface area (Å²) in [7, 11) is 1.71. The molecule has 1 unspecified atom stereocenters. The topological polar surface area (TPSA) is 55.3 Å². The predicted molar refractivity (Wildman–Crippen MR) is 80.0 cm³/mol. The Hall–Kier alpha value is -2.01. The first-order valence-electron chi connectivity index (χ1n) is 7.27. The molecule has 0 bridgehead atoms. The fourth-order valence-corrected chi connectivity index (χ4v) is 2.90. The first kappa shape index (κ1) is 13.9. The number of carbonyl (C=O) groups is 1. The lowest BCUT2D eigenvalue weighted by Gasteiger charge is -2.32. The summed E-state index contributed by atoms with van der Waals surface area (Å²) >= 11 is 0. The molecule has 3 rings (SSSR count). The molecule has 1 aliphatic heterocycles. The average molecular weight is 285 g/mol. The summed E-state index contributed by atoms with van der Waals surface area (Å²) in [4.78, 5) is 23.0. The molecule has 1 aliphatic rings. The van der Waals surface area contributed by atoms with E-state index in [4.69, 9.17) is 4.74 Å². The van der Waals surface area contributed by atoms with Gasteiger partial charge in [-0.1, -0.05) is 0 Å². The van der Waals surface area contributed by atoms with Gasteiger partial charge in [-0.05, 0) is 37.0 Å². The van der Waals surface area contributed by atoms with Crippen LogP contribution in [0.5, 0.6) is 0 Å². The number of likely N-dealkylation sites (tertiary alicyclic amines) is 1. The Morgan fingerprint density at radius 3 is 2.95 bits per heavy atom. The molecule has 1 fully saturated rings. The lowest BCUT2D eigenvalue weighted by molar-refractivity contribution is 0.0571. The third kappa shape index (κ3) is 3.03. The van der Waals surface area contributed by atoms with E-state index in [2.05, 4.69) is 9.97 Å². The third-order valence-electron chi connectivity index (χ3n) is 3.92. The molecule has 0 radical (unpaired) electrons. The molecule has 2 aromatic rings. The number of piperidine rings is 1. The van der Waals surface area contributed by atoms with Gasteiger partial charge in [0.15, 0.2) is 0 Å². The van der Waals surface area contributed by atoms with Crippen molar-refractivity contribution in [2.75, 3.05) is 26.8 Å².